The lowest BCUT2D eigenvalue weighted by molar-refractivity contribution is -0.127. The first-order valence-electron chi connectivity index (χ1n) is 4.68. The Hall–Kier alpha value is -1.14. The van der Waals surface area contributed by atoms with Gasteiger partial charge in [-0.05, 0) is 19.4 Å². The van der Waals surface area contributed by atoms with Gasteiger partial charge in [0.05, 0.1) is 6.04 Å². The van der Waals surface area contributed by atoms with Crippen molar-refractivity contribution in [3.05, 3.63) is 0 Å². The maximum atomic E-state index is 10.8. The Kier molecular flexibility index (Phi) is 3.84. The molecule has 6 nitrogen and oxygen atoms in total. The van der Waals surface area contributed by atoms with E-state index in [9.17, 15) is 9.59 Å². The van der Waals surface area contributed by atoms with Gasteiger partial charge in [-0.15, -0.1) is 0 Å². The average molecular weight is 200 g/mol. The molecule has 1 aliphatic rings. The number of carbonyl (C=O) groups is 2. The van der Waals surface area contributed by atoms with E-state index in [1.165, 1.54) is 0 Å². The molecule has 0 aromatic carbocycles. The number of amides is 2. The summed E-state index contributed by atoms with van der Waals surface area (Å²) in [6, 6.07) is -0.129. The first kappa shape index (κ1) is 10.9. The zero-order valence-electron chi connectivity index (χ0n) is 8.03. The second kappa shape index (κ2) is 4.92. The van der Waals surface area contributed by atoms with Crippen LogP contribution in [0.5, 0.6) is 0 Å². The van der Waals surface area contributed by atoms with E-state index in [1.54, 1.807) is 0 Å². The quantitative estimate of drug-likeness (QED) is 0.280. The number of nitrogens with zero attached hydrogens (tertiary/aromatic N) is 1. The van der Waals surface area contributed by atoms with Crippen LogP contribution in [0.25, 0.3) is 0 Å². The van der Waals surface area contributed by atoms with Crippen molar-refractivity contribution in [2.24, 2.45) is 11.6 Å². The van der Waals surface area contributed by atoms with Crippen molar-refractivity contribution >= 4 is 11.8 Å². The number of hydrazine groups is 1. The SMILES string of the molecule is NNC(=O)CCCN1CCC1C(N)=O. The van der Waals surface area contributed by atoms with Gasteiger partial charge in [0.2, 0.25) is 11.8 Å². The Morgan fingerprint density at radius 1 is 1.50 bits per heavy atom. The maximum Gasteiger partial charge on any atom is 0.234 e. The Labute approximate surface area is 82.6 Å². The zero-order valence-corrected chi connectivity index (χ0v) is 8.03. The molecule has 1 saturated heterocycles. The minimum absolute atomic E-state index is 0.129. The maximum absolute atomic E-state index is 10.8. The van der Waals surface area contributed by atoms with Crippen molar-refractivity contribution in [1.82, 2.24) is 10.3 Å². The van der Waals surface area contributed by atoms with Crippen LogP contribution >= 0.6 is 0 Å². The molecule has 1 unspecified atom stereocenters. The molecule has 0 aliphatic carbocycles. The van der Waals surface area contributed by atoms with Crippen molar-refractivity contribution in [1.29, 1.82) is 0 Å². The summed E-state index contributed by atoms with van der Waals surface area (Å²) < 4.78 is 0. The normalized spacial score (nSPS) is 21.4. The highest BCUT2D eigenvalue weighted by Gasteiger charge is 2.31. The smallest absolute Gasteiger partial charge is 0.234 e. The van der Waals surface area contributed by atoms with Gasteiger partial charge in [-0.3, -0.25) is 19.9 Å². The predicted molar refractivity (Wildman–Crippen MR) is 50.7 cm³/mol. The van der Waals surface area contributed by atoms with Crippen molar-refractivity contribution < 1.29 is 9.59 Å². The van der Waals surface area contributed by atoms with E-state index in [4.69, 9.17) is 11.6 Å². The molecule has 0 aromatic heterocycles. The van der Waals surface area contributed by atoms with Crippen LogP contribution in [0.1, 0.15) is 19.3 Å². The van der Waals surface area contributed by atoms with Gasteiger partial charge in [-0.1, -0.05) is 0 Å². The van der Waals surface area contributed by atoms with Crippen LogP contribution in [0.3, 0.4) is 0 Å². The van der Waals surface area contributed by atoms with Crippen LogP contribution in [-0.4, -0.2) is 35.8 Å². The fraction of sp³-hybridized carbons (Fsp3) is 0.750. The molecule has 1 atom stereocenters. The lowest BCUT2D eigenvalue weighted by Crippen LogP contribution is -2.55. The molecule has 80 valence electrons. The highest BCUT2D eigenvalue weighted by molar-refractivity contribution is 5.80. The molecule has 2 amide bonds. The van der Waals surface area contributed by atoms with E-state index in [0.717, 1.165) is 19.5 Å². The molecule has 1 aliphatic heterocycles. The molecular formula is C8H16N4O2. The van der Waals surface area contributed by atoms with Crippen LogP contribution in [0.4, 0.5) is 0 Å². The van der Waals surface area contributed by atoms with Crippen LogP contribution in [-0.2, 0) is 9.59 Å². The molecule has 0 spiro atoms. The molecule has 0 radical (unpaired) electrons. The lowest BCUT2D eigenvalue weighted by Gasteiger charge is -2.38. The zero-order chi connectivity index (χ0) is 10.6. The Morgan fingerprint density at radius 2 is 2.21 bits per heavy atom. The van der Waals surface area contributed by atoms with Gasteiger partial charge in [0.1, 0.15) is 0 Å². The highest BCUT2D eigenvalue weighted by Crippen LogP contribution is 2.16. The van der Waals surface area contributed by atoms with Gasteiger partial charge in [0.25, 0.3) is 0 Å². The van der Waals surface area contributed by atoms with Crippen molar-refractivity contribution in [3.63, 3.8) is 0 Å². The standard InChI is InChI=1S/C8H16N4O2/c9-8(14)6-3-5-12(6)4-1-2-7(13)11-10/h6H,1-5,10H2,(H2,9,14)(H,11,13). The first-order chi connectivity index (χ1) is 6.65. The van der Waals surface area contributed by atoms with Gasteiger partial charge in [-0.2, -0.15) is 0 Å². The van der Waals surface area contributed by atoms with Gasteiger partial charge in [0.15, 0.2) is 0 Å². The monoisotopic (exact) mass is 200 g/mol. The molecule has 0 aromatic rings. The van der Waals surface area contributed by atoms with Crippen LogP contribution < -0.4 is 17.0 Å². The lowest BCUT2D eigenvalue weighted by atomic mass is 10.0. The number of primary amides is 1. The van der Waals surface area contributed by atoms with E-state index in [-0.39, 0.29) is 17.9 Å². The van der Waals surface area contributed by atoms with Crippen LogP contribution in [0.15, 0.2) is 0 Å². The number of nitrogens with two attached hydrogens (primary N) is 2. The van der Waals surface area contributed by atoms with Gasteiger partial charge >= 0.3 is 0 Å². The number of hydrogen-bond donors (Lipinski definition) is 3. The highest BCUT2D eigenvalue weighted by atomic mass is 16.2. The summed E-state index contributed by atoms with van der Waals surface area (Å²) in [5, 5.41) is 0. The van der Waals surface area contributed by atoms with Crippen LogP contribution in [0, 0.1) is 0 Å². The topological polar surface area (TPSA) is 101 Å². The van der Waals surface area contributed by atoms with Gasteiger partial charge < -0.3 is 5.73 Å². The third-order valence-corrected chi connectivity index (χ3v) is 2.47. The summed E-state index contributed by atoms with van der Waals surface area (Å²) in [4.78, 5) is 23.6. The third kappa shape index (κ3) is 2.68. The van der Waals surface area contributed by atoms with E-state index in [0.29, 0.717) is 12.8 Å². The molecule has 0 saturated carbocycles. The molecular weight excluding hydrogens is 184 g/mol. The second-order valence-corrected chi connectivity index (χ2v) is 3.41. The Balaban J connectivity index is 2.13. The second-order valence-electron chi connectivity index (χ2n) is 3.41. The summed E-state index contributed by atoms with van der Waals surface area (Å²) in [7, 11) is 0. The molecule has 5 N–H and O–H groups in total. The van der Waals surface area contributed by atoms with E-state index in [1.807, 2.05) is 4.90 Å². The summed E-state index contributed by atoms with van der Waals surface area (Å²) in [6.45, 7) is 1.61. The minimum Gasteiger partial charge on any atom is -0.368 e. The fourth-order valence-corrected chi connectivity index (χ4v) is 1.55. The fourth-order valence-electron chi connectivity index (χ4n) is 1.55. The van der Waals surface area contributed by atoms with Crippen molar-refractivity contribution in [3.8, 4) is 0 Å². The molecule has 1 fully saturated rings. The van der Waals surface area contributed by atoms with Crippen LogP contribution in [0.2, 0.25) is 0 Å². The number of hydrogen-bond acceptors (Lipinski definition) is 4. The Bertz CT molecular complexity index is 231. The first-order valence-corrected chi connectivity index (χ1v) is 4.68. The number of likely N-dealkylation sites (tertiary alicyclic amines) is 1. The number of carbonyl (C=O) groups excluding carboxylic acids is 2. The van der Waals surface area contributed by atoms with E-state index < -0.39 is 0 Å². The predicted octanol–water partition coefficient (Wildman–Crippen LogP) is -1.68. The van der Waals surface area contributed by atoms with Crippen molar-refractivity contribution in [2.45, 2.75) is 25.3 Å². The summed E-state index contributed by atoms with van der Waals surface area (Å²) in [6.07, 6.45) is 1.92. The largest absolute Gasteiger partial charge is 0.368 e. The molecule has 1 heterocycles. The van der Waals surface area contributed by atoms with Gasteiger partial charge in [0, 0.05) is 13.0 Å². The molecule has 0 bridgehead atoms. The van der Waals surface area contributed by atoms with Gasteiger partial charge in [-0.25, -0.2) is 5.84 Å². The van der Waals surface area contributed by atoms with E-state index in [2.05, 4.69) is 5.43 Å². The molecule has 1 rings (SSSR count). The number of nitrogens with one attached hydrogen (secondary N) is 1. The third-order valence-electron chi connectivity index (χ3n) is 2.47. The van der Waals surface area contributed by atoms with Crippen molar-refractivity contribution in [2.75, 3.05) is 13.1 Å². The summed E-state index contributed by atoms with van der Waals surface area (Å²) in [5.74, 6) is 4.47. The minimum atomic E-state index is -0.278. The van der Waals surface area contributed by atoms with E-state index >= 15 is 0 Å². The Morgan fingerprint density at radius 3 is 2.64 bits per heavy atom. The summed E-state index contributed by atoms with van der Waals surface area (Å²) >= 11 is 0. The summed E-state index contributed by atoms with van der Waals surface area (Å²) in [5.41, 5.74) is 7.23. The molecule has 14 heavy (non-hydrogen) atoms. The number of rotatable bonds is 5. The average Bonchev–Trinajstić information content (AvgIpc) is 2.08. The molecule has 6 heteroatoms.